The van der Waals surface area contributed by atoms with Crippen molar-refractivity contribution in [1.29, 1.82) is 0 Å². The van der Waals surface area contributed by atoms with Crippen molar-refractivity contribution < 1.29 is 50.4 Å². The fourth-order valence-corrected chi connectivity index (χ4v) is 0. The van der Waals surface area contributed by atoms with Gasteiger partial charge in [-0.1, -0.05) is 0 Å². The summed E-state index contributed by atoms with van der Waals surface area (Å²) in [5, 5.41) is 0. The van der Waals surface area contributed by atoms with Crippen molar-refractivity contribution in [1.82, 2.24) is 0 Å². The van der Waals surface area contributed by atoms with E-state index in [1.54, 1.807) is 0 Å². The van der Waals surface area contributed by atoms with E-state index in [0.29, 0.717) is 0 Å². The predicted molar refractivity (Wildman–Crippen MR) is 1.37 cm³/mol. The molecule has 0 unspecified atom stereocenters. The van der Waals surface area contributed by atoms with Crippen LogP contribution in [0, 0.1) is 0 Å². The molecule has 0 saturated heterocycles. The van der Waals surface area contributed by atoms with Crippen molar-refractivity contribution in [2.75, 3.05) is 0 Å². The Bertz CT molecular complexity index is 6.00. The van der Waals surface area contributed by atoms with E-state index in [-0.39, 0.29) is 50.4 Å². The average molecular weight is 196 g/mol. The molecule has 0 heterocycles. The maximum Gasteiger partial charge on any atom is 3.00 e. The molecule has 0 aliphatic carbocycles. The smallest absolute Gasteiger partial charge is 2.00 e. The Morgan fingerprint density at radius 2 is 0.750 bits per heavy atom. The number of hydrogen-bond acceptors (Lipinski definition) is 0. The molecular formula is AgFeO2. The first-order valence-corrected chi connectivity index (χ1v) is 0. The Morgan fingerprint density at radius 1 is 0.750 bits per heavy atom. The average Bonchev–Trinajstić information content (AvgIpc) is 0. The van der Waals surface area contributed by atoms with E-state index in [1.807, 2.05) is 0 Å². The zero-order valence-corrected chi connectivity index (χ0v) is 4.06. The van der Waals surface area contributed by atoms with Crippen molar-refractivity contribution >= 4 is 0 Å². The van der Waals surface area contributed by atoms with Crippen LogP contribution in [-0.2, 0) is 50.4 Å². The quantitative estimate of drug-likeness (QED) is 0.479. The fourth-order valence-electron chi connectivity index (χ4n) is 0. The first-order valence-electron chi connectivity index (χ1n) is 0. The molecule has 0 N–H and O–H groups in total. The summed E-state index contributed by atoms with van der Waals surface area (Å²) in [6, 6.07) is 0. The summed E-state index contributed by atoms with van der Waals surface area (Å²) in [6.45, 7) is 0. The van der Waals surface area contributed by atoms with Crippen molar-refractivity contribution in [2.24, 2.45) is 0 Å². The van der Waals surface area contributed by atoms with Crippen molar-refractivity contribution in [2.45, 2.75) is 0 Å². The number of hydrogen-bond donors (Lipinski definition) is 0. The maximum absolute atomic E-state index is 0. The third-order valence-corrected chi connectivity index (χ3v) is 0. The monoisotopic (exact) mass is 195 g/mol. The second-order valence-electron chi connectivity index (χ2n) is 0. The van der Waals surface area contributed by atoms with E-state index < -0.39 is 0 Å². The summed E-state index contributed by atoms with van der Waals surface area (Å²) in [5.41, 5.74) is 0. The molecule has 4 heteroatoms. The molecule has 0 rings (SSSR count). The van der Waals surface area contributed by atoms with Gasteiger partial charge >= 0.3 is 39.4 Å². The topological polar surface area (TPSA) is 57.0 Å². The first kappa shape index (κ1) is 65.0. The van der Waals surface area contributed by atoms with Gasteiger partial charge in [-0.05, 0) is 0 Å². The van der Waals surface area contributed by atoms with Gasteiger partial charge in [-0.25, -0.2) is 0 Å². The van der Waals surface area contributed by atoms with Gasteiger partial charge in [-0.3, -0.25) is 0 Å². The van der Waals surface area contributed by atoms with Gasteiger partial charge in [0.05, 0.1) is 0 Å². The van der Waals surface area contributed by atoms with Crippen LogP contribution < -0.4 is 0 Å². The fraction of sp³-hybridized carbons (Fsp3) is 0. The Labute approximate surface area is 50.6 Å². The second kappa shape index (κ2) is 30.4. The molecule has 0 fully saturated rings. The van der Waals surface area contributed by atoms with Gasteiger partial charge in [0.15, 0.2) is 0 Å². The molecular weight excluding hydrogens is 196 g/mol. The molecule has 0 aromatic rings. The van der Waals surface area contributed by atoms with Crippen molar-refractivity contribution in [3.05, 3.63) is 0 Å². The Hall–Kier alpha value is 1.18. The second-order valence-corrected chi connectivity index (χ2v) is 0. The first-order chi connectivity index (χ1) is 0. The largest absolute Gasteiger partial charge is 3.00 e. The van der Waals surface area contributed by atoms with Crippen LogP contribution in [0.1, 0.15) is 0 Å². The van der Waals surface area contributed by atoms with E-state index in [2.05, 4.69) is 0 Å². The number of rotatable bonds is 0. The molecule has 0 spiro atoms. The molecule has 1 radical (unpaired) electrons. The van der Waals surface area contributed by atoms with E-state index in [1.165, 1.54) is 0 Å². The molecule has 0 aliphatic heterocycles. The summed E-state index contributed by atoms with van der Waals surface area (Å²) < 4.78 is 0. The molecule has 4 heavy (non-hydrogen) atoms. The van der Waals surface area contributed by atoms with Gasteiger partial charge in [0, 0.05) is 0 Å². The van der Waals surface area contributed by atoms with Crippen molar-refractivity contribution in [3.8, 4) is 0 Å². The summed E-state index contributed by atoms with van der Waals surface area (Å²) in [7, 11) is 0. The predicted octanol–water partition coefficient (Wildman–Crippen LogP) is -0.243. The van der Waals surface area contributed by atoms with Gasteiger partial charge in [-0.15, -0.1) is 0 Å². The van der Waals surface area contributed by atoms with Gasteiger partial charge < -0.3 is 11.0 Å². The van der Waals surface area contributed by atoms with Gasteiger partial charge in [-0.2, -0.15) is 0 Å². The minimum Gasteiger partial charge on any atom is -2.00 e. The van der Waals surface area contributed by atoms with E-state index in [0.717, 1.165) is 0 Å². The van der Waals surface area contributed by atoms with Crippen LogP contribution in [0.25, 0.3) is 0 Å². The normalized spacial score (nSPS) is 0. The molecule has 0 aromatic carbocycles. The zero-order valence-electron chi connectivity index (χ0n) is 1.47. The van der Waals surface area contributed by atoms with E-state index in [4.69, 9.17) is 0 Å². The Balaban J connectivity index is 0. The van der Waals surface area contributed by atoms with Crippen LogP contribution in [0.5, 0.6) is 0 Å². The molecule has 31 valence electrons. The van der Waals surface area contributed by atoms with Gasteiger partial charge in [0.2, 0.25) is 0 Å². The third-order valence-electron chi connectivity index (χ3n) is 0. The van der Waals surface area contributed by atoms with Crippen LogP contribution in [-0.4, -0.2) is 0 Å². The van der Waals surface area contributed by atoms with Gasteiger partial charge in [0.1, 0.15) is 0 Å². The minimum atomic E-state index is 0. The molecule has 2 nitrogen and oxygen atoms in total. The molecule has 0 aliphatic rings. The standard InChI is InChI=1S/Ag.Fe.2O/q+1;+3;2*-2. The summed E-state index contributed by atoms with van der Waals surface area (Å²) in [5.74, 6) is 0. The summed E-state index contributed by atoms with van der Waals surface area (Å²) in [6.07, 6.45) is 0. The van der Waals surface area contributed by atoms with Crippen LogP contribution in [0.3, 0.4) is 0 Å². The Kier molecular flexibility index (Phi) is 494. The van der Waals surface area contributed by atoms with Crippen molar-refractivity contribution in [3.63, 3.8) is 0 Å². The van der Waals surface area contributed by atoms with Gasteiger partial charge in [0.25, 0.3) is 0 Å². The Morgan fingerprint density at radius 3 is 0.750 bits per heavy atom. The molecule has 0 saturated carbocycles. The zero-order chi connectivity index (χ0) is 0. The van der Waals surface area contributed by atoms with Crippen LogP contribution in [0.4, 0.5) is 0 Å². The molecule has 0 amide bonds. The summed E-state index contributed by atoms with van der Waals surface area (Å²) in [4.78, 5) is 0. The van der Waals surface area contributed by atoms with E-state index in [9.17, 15) is 0 Å². The molecule has 0 bridgehead atoms. The maximum atomic E-state index is 0. The van der Waals surface area contributed by atoms with Crippen LogP contribution >= 0.6 is 0 Å². The summed E-state index contributed by atoms with van der Waals surface area (Å²) >= 11 is 0. The third kappa shape index (κ3) is 10.9. The van der Waals surface area contributed by atoms with Crippen LogP contribution in [0.2, 0.25) is 0 Å². The molecule has 0 aromatic heterocycles. The van der Waals surface area contributed by atoms with Crippen LogP contribution in [0.15, 0.2) is 0 Å². The molecule has 0 atom stereocenters. The van der Waals surface area contributed by atoms with E-state index >= 15 is 0 Å². The minimum absolute atomic E-state index is 0. The SMILES string of the molecule is [Ag+].[Fe+3].[O-2].[O-2].